The first kappa shape index (κ1) is 18.3. The number of carbonyl (C=O) groups is 1. The van der Waals surface area contributed by atoms with E-state index < -0.39 is 15.1 Å². The van der Waals surface area contributed by atoms with Crippen molar-refractivity contribution >= 4 is 38.6 Å². The Morgan fingerprint density at radius 1 is 1.33 bits per heavy atom. The molecular formula is C11H22INO4S. The van der Waals surface area contributed by atoms with Gasteiger partial charge in [0.2, 0.25) is 0 Å². The third-order valence-corrected chi connectivity index (χ3v) is 4.99. The first-order valence-electron chi connectivity index (χ1n) is 5.86. The van der Waals surface area contributed by atoms with Crippen molar-refractivity contribution < 1.29 is 17.2 Å². The highest BCUT2D eigenvalue weighted by Crippen LogP contribution is 2.17. The van der Waals surface area contributed by atoms with E-state index in [0.717, 1.165) is 0 Å². The third kappa shape index (κ3) is 7.65. The average Bonchev–Trinajstić information content (AvgIpc) is 2.25. The van der Waals surface area contributed by atoms with E-state index in [0.29, 0.717) is 25.2 Å². The summed E-state index contributed by atoms with van der Waals surface area (Å²) in [7, 11) is -2.57. The van der Waals surface area contributed by atoms with Gasteiger partial charge in [-0.05, 0) is 12.8 Å². The lowest BCUT2D eigenvalue weighted by Gasteiger charge is -2.15. The second kappa shape index (κ2) is 8.44. The normalized spacial score (nSPS) is 15.2. The number of hydrogen-bond acceptors (Lipinski definition) is 4. The van der Waals surface area contributed by atoms with Gasteiger partial charge in [-0.2, -0.15) is 4.36 Å². The van der Waals surface area contributed by atoms with Crippen LogP contribution in [0.5, 0.6) is 0 Å². The monoisotopic (exact) mass is 391 g/mol. The molecule has 0 aromatic carbocycles. The molecule has 1 amide bonds. The van der Waals surface area contributed by atoms with Crippen LogP contribution in [0.1, 0.15) is 33.6 Å². The Morgan fingerprint density at radius 2 is 1.89 bits per heavy atom. The molecular weight excluding hydrogens is 369 g/mol. The topological polar surface area (TPSA) is 76.0 Å². The van der Waals surface area contributed by atoms with Gasteiger partial charge in [-0.1, -0.05) is 20.8 Å². The van der Waals surface area contributed by atoms with Gasteiger partial charge in [0.1, 0.15) is 23.0 Å². The van der Waals surface area contributed by atoms with Crippen LogP contribution in [0.25, 0.3) is 0 Å². The second-order valence-corrected chi connectivity index (χ2v) is 8.24. The zero-order valence-electron chi connectivity index (χ0n) is 11.1. The molecule has 0 saturated carbocycles. The van der Waals surface area contributed by atoms with Gasteiger partial charge in [0.05, 0.1) is 16.3 Å². The third-order valence-electron chi connectivity index (χ3n) is 2.20. The van der Waals surface area contributed by atoms with Crippen LogP contribution >= 0.6 is 23.0 Å². The van der Waals surface area contributed by atoms with E-state index >= 15 is 0 Å². The van der Waals surface area contributed by atoms with Gasteiger partial charge in [0, 0.05) is 23.5 Å². The van der Waals surface area contributed by atoms with E-state index in [1.807, 2.05) is 0 Å². The molecule has 0 aliphatic rings. The molecule has 0 radical (unpaired) electrons. The van der Waals surface area contributed by atoms with Crippen LogP contribution in [0.15, 0.2) is 4.36 Å². The molecule has 0 aliphatic heterocycles. The van der Waals surface area contributed by atoms with Crippen molar-refractivity contribution in [2.45, 2.75) is 33.6 Å². The van der Waals surface area contributed by atoms with Gasteiger partial charge in [-0.15, -0.1) is 0 Å². The highest BCUT2D eigenvalue weighted by atomic mass is 127. The average molecular weight is 391 g/mol. The number of amides is 1. The Labute approximate surface area is 124 Å². The maximum atomic E-state index is 12.5. The van der Waals surface area contributed by atoms with E-state index in [-0.39, 0.29) is 18.3 Å². The van der Waals surface area contributed by atoms with E-state index in [2.05, 4.69) is 4.36 Å². The van der Waals surface area contributed by atoms with Crippen molar-refractivity contribution in [1.29, 1.82) is 0 Å². The Morgan fingerprint density at radius 3 is 2.33 bits per heavy atom. The van der Waals surface area contributed by atoms with Crippen molar-refractivity contribution in [1.82, 2.24) is 0 Å². The molecule has 0 heterocycles. The van der Waals surface area contributed by atoms with Crippen molar-refractivity contribution in [3.63, 3.8) is 0 Å². The summed E-state index contributed by atoms with van der Waals surface area (Å²) >= 11 is 1.78. The highest BCUT2D eigenvalue weighted by Gasteiger charge is 2.23. The molecule has 0 spiro atoms. The zero-order valence-corrected chi connectivity index (χ0v) is 14.1. The van der Waals surface area contributed by atoms with Gasteiger partial charge >= 0.3 is 0 Å². The van der Waals surface area contributed by atoms with E-state index in [1.54, 1.807) is 43.8 Å². The summed E-state index contributed by atoms with van der Waals surface area (Å²) in [5, 5.41) is 8.82. The summed E-state index contributed by atoms with van der Waals surface area (Å²) in [5.41, 5.74) is -0.623. The number of carbonyl (C=O) groups excluding carboxylic acids is 1. The summed E-state index contributed by atoms with van der Waals surface area (Å²) in [6, 6.07) is 0. The molecule has 0 bridgehead atoms. The van der Waals surface area contributed by atoms with Crippen LogP contribution in [-0.2, 0) is 17.6 Å². The SMILES string of the molecule is CC(C)(C)C(=O)N=S(=O)(CCCO)CCCOI. The summed E-state index contributed by atoms with van der Waals surface area (Å²) in [5.74, 6) is 0.241. The second-order valence-electron chi connectivity index (χ2n) is 5.07. The Kier molecular flexibility index (Phi) is 8.57. The summed E-state index contributed by atoms with van der Waals surface area (Å²) < 4.78 is 21.3. The predicted molar refractivity (Wildman–Crippen MR) is 81.1 cm³/mol. The van der Waals surface area contributed by atoms with E-state index in [9.17, 15) is 9.00 Å². The van der Waals surface area contributed by atoms with Crippen molar-refractivity contribution in [3.8, 4) is 0 Å². The quantitative estimate of drug-likeness (QED) is 0.533. The summed E-state index contributed by atoms with van der Waals surface area (Å²) in [6.07, 6.45) is 0.985. The smallest absolute Gasteiger partial charge is 0.259 e. The molecule has 0 aromatic heterocycles. The number of aliphatic hydroxyl groups excluding tert-OH is 1. The Balaban J connectivity index is 4.90. The molecule has 0 saturated heterocycles. The minimum atomic E-state index is -2.57. The number of rotatable bonds is 7. The number of halogens is 1. The standard InChI is InChI=1S/C11H22INO4S/c1-11(2,3)10(15)13-18(16,8-4-6-14)9-5-7-17-12/h14H,4-9H2,1-3H3. The van der Waals surface area contributed by atoms with Crippen molar-refractivity contribution in [3.05, 3.63) is 0 Å². The van der Waals surface area contributed by atoms with Crippen LogP contribution < -0.4 is 0 Å². The lowest BCUT2D eigenvalue weighted by atomic mass is 9.96. The fraction of sp³-hybridized carbons (Fsp3) is 0.909. The molecule has 18 heavy (non-hydrogen) atoms. The minimum absolute atomic E-state index is 0.0427. The molecule has 1 unspecified atom stereocenters. The minimum Gasteiger partial charge on any atom is -0.396 e. The lowest BCUT2D eigenvalue weighted by molar-refractivity contribution is -0.124. The van der Waals surface area contributed by atoms with Crippen LogP contribution in [0.4, 0.5) is 0 Å². The van der Waals surface area contributed by atoms with Gasteiger partial charge < -0.3 is 8.17 Å². The van der Waals surface area contributed by atoms with Crippen LogP contribution in [0.3, 0.4) is 0 Å². The Bertz CT molecular complexity index is 370. The number of hydrogen-bond donors (Lipinski definition) is 1. The first-order chi connectivity index (χ1) is 8.25. The molecule has 108 valence electrons. The van der Waals surface area contributed by atoms with Gasteiger partial charge in [-0.25, -0.2) is 4.21 Å². The molecule has 0 aromatic rings. The molecule has 1 atom stereocenters. The number of nitrogens with zero attached hydrogens (tertiary/aromatic N) is 1. The molecule has 0 fully saturated rings. The molecule has 1 N–H and O–H groups in total. The summed E-state index contributed by atoms with van der Waals surface area (Å²) in [4.78, 5) is 11.8. The van der Waals surface area contributed by atoms with E-state index in [1.165, 1.54) is 0 Å². The van der Waals surface area contributed by atoms with Crippen LogP contribution in [-0.4, -0.2) is 39.9 Å². The van der Waals surface area contributed by atoms with Gasteiger partial charge in [0.15, 0.2) is 0 Å². The summed E-state index contributed by atoms with van der Waals surface area (Å²) in [6.45, 7) is 5.69. The maximum Gasteiger partial charge on any atom is 0.259 e. The fourth-order valence-electron chi connectivity index (χ4n) is 1.11. The maximum absolute atomic E-state index is 12.5. The highest BCUT2D eigenvalue weighted by molar-refractivity contribution is 14.1. The van der Waals surface area contributed by atoms with Gasteiger partial charge in [-0.3, -0.25) is 4.79 Å². The van der Waals surface area contributed by atoms with E-state index in [4.69, 9.17) is 8.17 Å². The van der Waals surface area contributed by atoms with Crippen molar-refractivity contribution in [2.75, 3.05) is 24.7 Å². The predicted octanol–water partition coefficient (Wildman–Crippen LogP) is 2.17. The zero-order chi connectivity index (χ0) is 14.2. The van der Waals surface area contributed by atoms with Crippen molar-refractivity contribution in [2.24, 2.45) is 9.78 Å². The van der Waals surface area contributed by atoms with Crippen LogP contribution in [0.2, 0.25) is 0 Å². The largest absolute Gasteiger partial charge is 0.396 e. The fourth-order valence-corrected chi connectivity index (χ4v) is 3.53. The number of aliphatic hydroxyl groups is 1. The lowest BCUT2D eigenvalue weighted by Crippen LogP contribution is -2.22. The molecule has 5 nitrogen and oxygen atoms in total. The van der Waals surface area contributed by atoms with Crippen LogP contribution in [0, 0.1) is 5.41 Å². The van der Waals surface area contributed by atoms with Gasteiger partial charge in [0.25, 0.3) is 5.91 Å². The Hall–Kier alpha value is 0.270. The molecule has 0 rings (SSSR count). The molecule has 0 aliphatic carbocycles. The molecule has 7 heteroatoms. The first-order valence-corrected chi connectivity index (χ1v) is 8.60.